The van der Waals surface area contributed by atoms with Gasteiger partial charge in [0.2, 0.25) is 11.7 Å². The highest BCUT2D eigenvalue weighted by molar-refractivity contribution is 9.10. The molecule has 1 fully saturated rings. The fraction of sp³-hybridized carbons (Fsp3) is 0.429. The van der Waals surface area contributed by atoms with Crippen LogP contribution in [0.4, 0.5) is 4.39 Å². The molecule has 0 bridgehead atoms. The highest BCUT2D eigenvalue weighted by Crippen LogP contribution is 2.40. The van der Waals surface area contributed by atoms with Gasteiger partial charge in [0.05, 0.1) is 5.41 Å². The van der Waals surface area contributed by atoms with Crippen molar-refractivity contribution in [1.82, 2.24) is 10.1 Å². The lowest BCUT2D eigenvalue weighted by atomic mass is 9.85. The van der Waals surface area contributed by atoms with Gasteiger partial charge in [-0.05, 0) is 38.0 Å². The molecule has 2 aromatic rings. The average Bonchev–Trinajstić information content (AvgIpc) is 3.02. The zero-order valence-electron chi connectivity index (χ0n) is 11.1. The Bertz CT molecular complexity index is 645. The van der Waals surface area contributed by atoms with Crippen LogP contribution in [0.25, 0.3) is 11.4 Å². The molecule has 1 heterocycles. The van der Waals surface area contributed by atoms with Crippen LogP contribution in [-0.4, -0.2) is 16.2 Å². The summed E-state index contributed by atoms with van der Waals surface area (Å²) >= 11 is 3.37. The molecule has 0 spiro atoms. The first-order chi connectivity index (χ1) is 9.50. The van der Waals surface area contributed by atoms with E-state index in [1.807, 2.05) is 6.92 Å². The molecular weight excluding hydrogens is 325 g/mol. The molecule has 1 aromatic heterocycles. The summed E-state index contributed by atoms with van der Waals surface area (Å²) in [4.78, 5) is 4.43. The standard InChI is InChI=1S/C14H15BrFN3O/c1-14(6-2-3-11(14)17)13-18-12(19-20-13)9-7-8(16)4-5-10(9)15/h4-5,7,11H,2-3,6,17H2,1H3. The summed E-state index contributed by atoms with van der Waals surface area (Å²) in [5, 5.41) is 3.97. The average molecular weight is 340 g/mol. The molecule has 2 atom stereocenters. The Hall–Kier alpha value is -1.27. The van der Waals surface area contributed by atoms with Gasteiger partial charge in [-0.1, -0.05) is 27.5 Å². The second-order valence-electron chi connectivity index (χ2n) is 5.46. The first kappa shape index (κ1) is 13.7. The Kier molecular flexibility index (Phi) is 3.38. The van der Waals surface area contributed by atoms with Crippen molar-refractivity contribution in [2.45, 2.75) is 37.6 Å². The number of halogens is 2. The van der Waals surface area contributed by atoms with Crippen LogP contribution in [0.15, 0.2) is 27.2 Å². The zero-order chi connectivity index (χ0) is 14.3. The molecule has 1 aromatic carbocycles. The minimum atomic E-state index is -0.335. The van der Waals surface area contributed by atoms with Crippen LogP contribution in [0.5, 0.6) is 0 Å². The number of aromatic nitrogens is 2. The largest absolute Gasteiger partial charge is 0.338 e. The van der Waals surface area contributed by atoms with E-state index in [0.29, 0.717) is 17.3 Å². The summed E-state index contributed by atoms with van der Waals surface area (Å²) < 4.78 is 19.5. The Morgan fingerprint density at radius 1 is 1.50 bits per heavy atom. The number of hydrogen-bond acceptors (Lipinski definition) is 4. The fourth-order valence-electron chi connectivity index (χ4n) is 2.69. The number of benzene rings is 1. The summed E-state index contributed by atoms with van der Waals surface area (Å²) in [7, 11) is 0. The van der Waals surface area contributed by atoms with Gasteiger partial charge in [0.25, 0.3) is 0 Å². The summed E-state index contributed by atoms with van der Waals surface area (Å²) in [5.41, 5.74) is 6.44. The Morgan fingerprint density at radius 2 is 2.30 bits per heavy atom. The minimum absolute atomic E-state index is 0.0201. The second kappa shape index (κ2) is 4.93. The molecule has 1 saturated carbocycles. The highest BCUT2D eigenvalue weighted by atomic mass is 79.9. The molecule has 0 saturated heterocycles. The Balaban J connectivity index is 2.00. The lowest BCUT2D eigenvalue weighted by Crippen LogP contribution is -2.38. The number of hydrogen-bond donors (Lipinski definition) is 1. The van der Waals surface area contributed by atoms with Crippen molar-refractivity contribution in [3.8, 4) is 11.4 Å². The predicted octanol–water partition coefficient (Wildman–Crippen LogP) is 3.41. The third-order valence-corrected chi connectivity index (χ3v) is 4.81. The molecule has 4 nitrogen and oxygen atoms in total. The van der Waals surface area contributed by atoms with E-state index in [4.69, 9.17) is 10.3 Å². The van der Waals surface area contributed by atoms with Crippen molar-refractivity contribution in [2.75, 3.05) is 0 Å². The lowest BCUT2D eigenvalue weighted by molar-refractivity contribution is 0.278. The van der Waals surface area contributed by atoms with Crippen LogP contribution in [0.1, 0.15) is 32.1 Å². The van der Waals surface area contributed by atoms with Gasteiger partial charge in [0.15, 0.2) is 0 Å². The maximum absolute atomic E-state index is 13.4. The first-order valence-corrected chi connectivity index (χ1v) is 7.35. The fourth-order valence-corrected chi connectivity index (χ4v) is 3.12. The molecule has 2 unspecified atom stereocenters. The van der Waals surface area contributed by atoms with Gasteiger partial charge >= 0.3 is 0 Å². The molecule has 1 aliphatic rings. The second-order valence-corrected chi connectivity index (χ2v) is 6.32. The third-order valence-electron chi connectivity index (χ3n) is 4.11. The van der Waals surface area contributed by atoms with Gasteiger partial charge in [-0.15, -0.1) is 0 Å². The first-order valence-electron chi connectivity index (χ1n) is 6.56. The van der Waals surface area contributed by atoms with Crippen LogP contribution in [0.3, 0.4) is 0 Å². The maximum Gasteiger partial charge on any atom is 0.234 e. The zero-order valence-corrected chi connectivity index (χ0v) is 12.7. The normalized spacial score (nSPS) is 26.1. The van der Waals surface area contributed by atoms with E-state index in [-0.39, 0.29) is 17.3 Å². The van der Waals surface area contributed by atoms with Crippen molar-refractivity contribution in [1.29, 1.82) is 0 Å². The Morgan fingerprint density at radius 3 is 3.00 bits per heavy atom. The van der Waals surface area contributed by atoms with Crippen LogP contribution in [0.2, 0.25) is 0 Å². The summed E-state index contributed by atoms with van der Waals surface area (Å²) in [6, 6.07) is 4.41. The van der Waals surface area contributed by atoms with Crippen LogP contribution < -0.4 is 5.73 Å². The van der Waals surface area contributed by atoms with Crippen LogP contribution in [0, 0.1) is 5.82 Å². The van der Waals surface area contributed by atoms with Crippen molar-refractivity contribution >= 4 is 15.9 Å². The molecule has 6 heteroatoms. The molecule has 1 aliphatic carbocycles. The topological polar surface area (TPSA) is 64.9 Å². The van der Waals surface area contributed by atoms with E-state index in [1.54, 1.807) is 6.07 Å². The predicted molar refractivity (Wildman–Crippen MR) is 76.6 cm³/mol. The Labute approximate surface area is 124 Å². The third kappa shape index (κ3) is 2.16. The van der Waals surface area contributed by atoms with Gasteiger partial charge in [0.1, 0.15) is 5.82 Å². The number of nitrogens with two attached hydrogens (primary N) is 1. The van der Waals surface area contributed by atoms with Crippen molar-refractivity contribution < 1.29 is 8.91 Å². The van der Waals surface area contributed by atoms with E-state index in [2.05, 4.69) is 26.1 Å². The summed E-state index contributed by atoms with van der Waals surface area (Å²) in [5.74, 6) is 0.582. The molecule has 3 rings (SSSR count). The quantitative estimate of drug-likeness (QED) is 0.910. The van der Waals surface area contributed by atoms with Crippen molar-refractivity contribution in [3.63, 3.8) is 0 Å². The van der Waals surface area contributed by atoms with Gasteiger partial charge < -0.3 is 10.3 Å². The van der Waals surface area contributed by atoms with E-state index in [1.165, 1.54) is 12.1 Å². The minimum Gasteiger partial charge on any atom is -0.338 e. The molecular formula is C14H15BrFN3O. The van der Waals surface area contributed by atoms with E-state index in [0.717, 1.165) is 23.7 Å². The highest BCUT2D eigenvalue weighted by Gasteiger charge is 2.42. The lowest BCUT2D eigenvalue weighted by Gasteiger charge is -2.23. The summed E-state index contributed by atoms with van der Waals surface area (Å²) in [6.07, 6.45) is 2.94. The number of rotatable bonds is 2. The monoisotopic (exact) mass is 339 g/mol. The smallest absolute Gasteiger partial charge is 0.234 e. The SMILES string of the molecule is CC1(c2nc(-c3cc(F)ccc3Br)no2)CCCC1N. The van der Waals surface area contributed by atoms with Gasteiger partial charge in [-0.25, -0.2) is 4.39 Å². The maximum atomic E-state index is 13.4. The van der Waals surface area contributed by atoms with Crippen molar-refractivity contribution in [3.05, 3.63) is 34.4 Å². The van der Waals surface area contributed by atoms with Gasteiger partial charge in [-0.2, -0.15) is 4.98 Å². The summed E-state index contributed by atoms with van der Waals surface area (Å²) in [6.45, 7) is 2.04. The molecule has 106 valence electrons. The molecule has 0 aliphatic heterocycles. The van der Waals surface area contributed by atoms with Gasteiger partial charge in [0, 0.05) is 16.1 Å². The van der Waals surface area contributed by atoms with Gasteiger partial charge in [-0.3, -0.25) is 0 Å². The van der Waals surface area contributed by atoms with E-state index < -0.39 is 0 Å². The van der Waals surface area contributed by atoms with E-state index >= 15 is 0 Å². The van der Waals surface area contributed by atoms with E-state index in [9.17, 15) is 4.39 Å². The molecule has 2 N–H and O–H groups in total. The molecule has 0 radical (unpaired) electrons. The molecule has 0 amide bonds. The van der Waals surface area contributed by atoms with Crippen LogP contribution in [-0.2, 0) is 5.41 Å². The van der Waals surface area contributed by atoms with Crippen molar-refractivity contribution in [2.24, 2.45) is 5.73 Å². The van der Waals surface area contributed by atoms with Crippen LogP contribution >= 0.6 is 15.9 Å². The number of nitrogens with zero attached hydrogens (tertiary/aromatic N) is 2. The molecule has 20 heavy (non-hydrogen) atoms.